The highest BCUT2D eigenvalue weighted by Crippen LogP contribution is 2.21. The first kappa shape index (κ1) is 18.3. The fraction of sp³-hybridized carbons (Fsp3) is 0.200. The van der Waals surface area contributed by atoms with E-state index in [4.69, 9.17) is 4.74 Å². The van der Waals surface area contributed by atoms with Crippen LogP contribution in [0.2, 0.25) is 0 Å². The Morgan fingerprint density at radius 3 is 2.24 bits per heavy atom. The van der Waals surface area contributed by atoms with Gasteiger partial charge in [0.25, 0.3) is 11.8 Å². The third-order valence-corrected chi connectivity index (χ3v) is 3.68. The molecule has 2 aromatic rings. The summed E-state index contributed by atoms with van der Waals surface area (Å²) in [5, 5.41) is 0. The Labute approximate surface area is 147 Å². The van der Waals surface area contributed by atoms with Crippen molar-refractivity contribution < 1.29 is 14.3 Å². The Morgan fingerprint density at radius 1 is 0.920 bits per heavy atom. The number of para-hydroxylation sites is 1. The van der Waals surface area contributed by atoms with E-state index in [2.05, 4.69) is 10.9 Å². The fourth-order valence-corrected chi connectivity index (χ4v) is 2.31. The second-order valence-corrected chi connectivity index (χ2v) is 5.74. The van der Waals surface area contributed by atoms with Crippen LogP contribution in [0.15, 0.2) is 48.5 Å². The first-order valence-corrected chi connectivity index (χ1v) is 7.99. The summed E-state index contributed by atoms with van der Waals surface area (Å²) in [4.78, 5) is 23.6. The summed E-state index contributed by atoms with van der Waals surface area (Å²) >= 11 is 0. The number of ether oxygens (including phenoxy) is 1. The molecule has 5 heteroatoms. The maximum absolute atomic E-state index is 11.8. The van der Waals surface area contributed by atoms with Gasteiger partial charge in [-0.05, 0) is 49.1 Å². The predicted octanol–water partition coefficient (Wildman–Crippen LogP) is 2.85. The lowest BCUT2D eigenvalue weighted by Gasteiger charge is -2.12. The molecule has 0 saturated heterocycles. The van der Waals surface area contributed by atoms with Gasteiger partial charge in [-0.2, -0.15) is 0 Å². The van der Waals surface area contributed by atoms with Gasteiger partial charge in [-0.25, -0.2) is 0 Å². The molecule has 0 atom stereocenters. The molecule has 0 heterocycles. The van der Waals surface area contributed by atoms with Gasteiger partial charge in [0.05, 0.1) is 0 Å². The Bertz CT molecular complexity index is 777. The van der Waals surface area contributed by atoms with Crippen LogP contribution in [-0.2, 0) is 9.59 Å². The normalized spacial score (nSPS) is 10.5. The SMILES string of the molecule is Cc1ccccc1/C=C/C(=O)NNC(=O)COc1c(C)cccc1C. The molecule has 0 saturated carbocycles. The van der Waals surface area contributed by atoms with Crippen LogP contribution in [0.25, 0.3) is 6.08 Å². The molecule has 0 aliphatic heterocycles. The summed E-state index contributed by atoms with van der Waals surface area (Å²) in [5.74, 6) is -0.160. The molecule has 2 amide bonds. The second kappa shape index (κ2) is 8.68. The lowest BCUT2D eigenvalue weighted by atomic mass is 10.1. The van der Waals surface area contributed by atoms with Crippen LogP contribution in [0.1, 0.15) is 22.3 Å². The average Bonchev–Trinajstić information content (AvgIpc) is 2.59. The van der Waals surface area contributed by atoms with E-state index < -0.39 is 11.8 Å². The Balaban J connectivity index is 1.80. The molecule has 25 heavy (non-hydrogen) atoms. The molecule has 0 radical (unpaired) electrons. The van der Waals surface area contributed by atoms with Gasteiger partial charge in [0, 0.05) is 6.08 Å². The molecule has 0 aromatic heterocycles. The molecule has 2 aromatic carbocycles. The molecule has 130 valence electrons. The molecule has 2 rings (SSSR count). The van der Waals surface area contributed by atoms with Crippen molar-refractivity contribution in [2.45, 2.75) is 20.8 Å². The largest absolute Gasteiger partial charge is 0.483 e. The molecule has 0 aliphatic carbocycles. The van der Waals surface area contributed by atoms with Crippen molar-refractivity contribution in [3.05, 3.63) is 70.8 Å². The smallest absolute Gasteiger partial charge is 0.276 e. The Kier molecular flexibility index (Phi) is 6.34. The molecule has 0 bridgehead atoms. The van der Waals surface area contributed by atoms with Gasteiger partial charge in [-0.15, -0.1) is 0 Å². The molecular formula is C20H22N2O3. The van der Waals surface area contributed by atoms with Gasteiger partial charge < -0.3 is 4.74 Å². The standard InChI is InChI=1S/C20H22N2O3/c1-14-7-4-5-10-17(14)11-12-18(23)21-22-19(24)13-25-20-15(2)8-6-9-16(20)3/h4-12H,13H2,1-3H3,(H,21,23)(H,22,24)/b12-11+. The van der Waals surface area contributed by atoms with Gasteiger partial charge in [0.2, 0.25) is 0 Å². The Hall–Kier alpha value is -3.08. The maximum atomic E-state index is 11.8. The van der Waals surface area contributed by atoms with Crippen LogP contribution >= 0.6 is 0 Å². The highest BCUT2D eigenvalue weighted by Gasteiger charge is 2.07. The van der Waals surface area contributed by atoms with Crippen molar-refractivity contribution in [1.29, 1.82) is 0 Å². The molecule has 0 unspecified atom stereocenters. The predicted molar refractivity (Wildman–Crippen MR) is 97.9 cm³/mol. The van der Waals surface area contributed by atoms with Gasteiger partial charge in [-0.1, -0.05) is 42.5 Å². The fourth-order valence-electron chi connectivity index (χ4n) is 2.31. The number of aryl methyl sites for hydroxylation is 3. The molecule has 2 N–H and O–H groups in total. The van der Waals surface area contributed by atoms with Crippen molar-refractivity contribution in [2.75, 3.05) is 6.61 Å². The van der Waals surface area contributed by atoms with E-state index in [9.17, 15) is 9.59 Å². The Morgan fingerprint density at radius 2 is 1.56 bits per heavy atom. The van der Waals surface area contributed by atoms with E-state index in [1.807, 2.05) is 63.2 Å². The van der Waals surface area contributed by atoms with Crippen molar-refractivity contribution in [3.8, 4) is 5.75 Å². The molecule has 5 nitrogen and oxygen atoms in total. The molecular weight excluding hydrogens is 316 g/mol. The zero-order chi connectivity index (χ0) is 18.2. The summed E-state index contributed by atoms with van der Waals surface area (Å²) < 4.78 is 5.53. The van der Waals surface area contributed by atoms with Gasteiger partial charge in [0.15, 0.2) is 6.61 Å². The topological polar surface area (TPSA) is 67.4 Å². The van der Waals surface area contributed by atoms with E-state index >= 15 is 0 Å². The monoisotopic (exact) mass is 338 g/mol. The maximum Gasteiger partial charge on any atom is 0.276 e. The number of carbonyl (C=O) groups is 2. The third-order valence-electron chi connectivity index (χ3n) is 3.68. The lowest BCUT2D eigenvalue weighted by molar-refractivity contribution is -0.128. The number of rotatable bonds is 5. The van der Waals surface area contributed by atoms with Crippen LogP contribution in [0.3, 0.4) is 0 Å². The van der Waals surface area contributed by atoms with Gasteiger partial charge in [-0.3, -0.25) is 20.4 Å². The van der Waals surface area contributed by atoms with Crippen molar-refractivity contribution in [3.63, 3.8) is 0 Å². The summed E-state index contributed by atoms with van der Waals surface area (Å²) in [6.07, 6.45) is 3.07. The van der Waals surface area contributed by atoms with Crippen molar-refractivity contribution in [1.82, 2.24) is 10.9 Å². The first-order chi connectivity index (χ1) is 12.0. The number of nitrogens with one attached hydrogen (secondary N) is 2. The van der Waals surface area contributed by atoms with E-state index in [0.717, 1.165) is 22.3 Å². The number of hydrogen-bond donors (Lipinski definition) is 2. The quantitative estimate of drug-likeness (QED) is 0.651. The van der Waals surface area contributed by atoms with Crippen LogP contribution in [0, 0.1) is 20.8 Å². The number of amides is 2. The number of hydrogen-bond acceptors (Lipinski definition) is 3. The van der Waals surface area contributed by atoms with Crippen LogP contribution in [0.4, 0.5) is 0 Å². The summed E-state index contributed by atoms with van der Waals surface area (Å²) in [6, 6.07) is 13.5. The summed E-state index contributed by atoms with van der Waals surface area (Å²) in [7, 11) is 0. The lowest BCUT2D eigenvalue weighted by Crippen LogP contribution is -2.43. The van der Waals surface area contributed by atoms with Gasteiger partial charge >= 0.3 is 0 Å². The minimum absolute atomic E-state index is 0.173. The number of carbonyl (C=O) groups excluding carboxylic acids is 2. The van der Waals surface area contributed by atoms with Gasteiger partial charge in [0.1, 0.15) is 5.75 Å². The second-order valence-electron chi connectivity index (χ2n) is 5.74. The molecule has 0 spiro atoms. The van der Waals surface area contributed by atoms with E-state index in [1.165, 1.54) is 6.08 Å². The minimum atomic E-state index is -0.430. The van der Waals surface area contributed by atoms with E-state index in [0.29, 0.717) is 5.75 Å². The average molecular weight is 338 g/mol. The molecule has 0 fully saturated rings. The summed E-state index contributed by atoms with van der Waals surface area (Å²) in [5.41, 5.74) is 8.59. The van der Waals surface area contributed by atoms with Crippen molar-refractivity contribution in [2.24, 2.45) is 0 Å². The highest BCUT2D eigenvalue weighted by atomic mass is 16.5. The number of hydrazine groups is 1. The minimum Gasteiger partial charge on any atom is -0.483 e. The number of benzene rings is 2. The first-order valence-electron chi connectivity index (χ1n) is 7.99. The third kappa shape index (κ3) is 5.49. The zero-order valence-electron chi connectivity index (χ0n) is 14.6. The van der Waals surface area contributed by atoms with Crippen LogP contribution in [0.5, 0.6) is 5.75 Å². The van der Waals surface area contributed by atoms with Crippen LogP contribution < -0.4 is 15.6 Å². The van der Waals surface area contributed by atoms with Crippen molar-refractivity contribution >= 4 is 17.9 Å². The summed E-state index contributed by atoms with van der Waals surface area (Å²) in [6.45, 7) is 5.62. The van der Waals surface area contributed by atoms with E-state index in [-0.39, 0.29) is 6.61 Å². The highest BCUT2D eigenvalue weighted by molar-refractivity contribution is 5.93. The van der Waals surface area contributed by atoms with E-state index in [1.54, 1.807) is 6.08 Å². The molecule has 0 aliphatic rings. The van der Waals surface area contributed by atoms with Crippen LogP contribution in [-0.4, -0.2) is 18.4 Å². The zero-order valence-corrected chi connectivity index (χ0v) is 14.6.